The molecule has 0 spiro atoms. The highest BCUT2D eigenvalue weighted by Crippen LogP contribution is 2.52. The number of hydrogen-bond donors (Lipinski definition) is 5. The quantitative estimate of drug-likeness (QED) is 0.0907. The van der Waals surface area contributed by atoms with Crippen LogP contribution in [0.15, 0.2) is 36.5 Å². The fraction of sp³-hybridized carbons (Fsp3) is 0.552. The van der Waals surface area contributed by atoms with Crippen LogP contribution in [0.25, 0.3) is 11.0 Å². The van der Waals surface area contributed by atoms with Crippen molar-refractivity contribution in [3.05, 3.63) is 47.4 Å². The van der Waals surface area contributed by atoms with Crippen molar-refractivity contribution in [1.29, 1.82) is 0 Å². The molecule has 5 atom stereocenters. The number of nitrogens with one attached hydrogen (secondary N) is 1. The summed E-state index contributed by atoms with van der Waals surface area (Å²) in [5.74, 6) is 0.337. The molecule has 3 aromatic rings. The molecule has 3 heterocycles. The molecule has 270 valence electrons. The number of benzene rings is 1. The SMILES string of the molecule is CC(C)OC(=O)OCC(COC(=O)OC(C)C)(OC[C@H]1O[C@@H](n2ncc3c(NC(C)c4ccccc4)nc(Cl)nc32)[C@H](O)[C@@H]1O)P(=O)(O)O. The van der Waals surface area contributed by atoms with Gasteiger partial charge in [-0.1, -0.05) is 30.3 Å². The Labute approximate surface area is 285 Å². The number of aliphatic hydroxyl groups is 2. The number of halogens is 1. The normalized spacial score (nSPS) is 20.4. The first kappa shape index (κ1) is 38.2. The number of anilines is 1. The fourth-order valence-electron chi connectivity index (χ4n) is 4.71. The van der Waals surface area contributed by atoms with Gasteiger partial charge < -0.3 is 53.7 Å². The van der Waals surface area contributed by atoms with Crippen molar-refractivity contribution in [2.45, 2.75) is 82.8 Å². The number of carbonyl (C=O) groups is 2. The van der Waals surface area contributed by atoms with Crippen LogP contribution in [0.3, 0.4) is 0 Å². The van der Waals surface area contributed by atoms with Gasteiger partial charge in [0, 0.05) is 6.04 Å². The Morgan fingerprint density at radius 3 is 2.14 bits per heavy atom. The molecular weight excluding hydrogens is 693 g/mol. The molecular formula is C29H39ClN5O13P. The Hall–Kier alpha value is -3.61. The van der Waals surface area contributed by atoms with Crippen molar-refractivity contribution in [1.82, 2.24) is 19.7 Å². The van der Waals surface area contributed by atoms with E-state index in [2.05, 4.69) is 20.4 Å². The van der Waals surface area contributed by atoms with E-state index in [1.165, 1.54) is 38.6 Å². The molecule has 0 saturated carbocycles. The zero-order chi connectivity index (χ0) is 36.1. The van der Waals surface area contributed by atoms with Crippen LogP contribution in [-0.2, 0) is 33.0 Å². The average Bonchev–Trinajstić information content (AvgIpc) is 3.55. The lowest BCUT2D eigenvalue weighted by molar-refractivity contribution is -0.130. The van der Waals surface area contributed by atoms with Gasteiger partial charge in [-0.25, -0.2) is 14.3 Å². The van der Waals surface area contributed by atoms with E-state index < -0.39 is 81.8 Å². The smallest absolute Gasteiger partial charge is 0.432 e. The first-order valence-electron chi connectivity index (χ1n) is 15.1. The van der Waals surface area contributed by atoms with E-state index in [1.807, 2.05) is 37.3 Å². The molecule has 4 rings (SSSR count). The van der Waals surface area contributed by atoms with E-state index in [-0.39, 0.29) is 17.0 Å². The van der Waals surface area contributed by atoms with Gasteiger partial charge in [-0.05, 0) is 51.8 Å². The van der Waals surface area contributed by atoms with Crippen molar-refractivity contribution in [3.63, 3.8) is 0 Å². The van der Waals surface area contributed by atoms with Crippen LogP contribution in [-0.4, -0.2) is 108 Å². The summed E-state index contributed by atoms with van der Waals surface area (Å²) < 4.78 is 45.0. The number of aliphatic hydroxyl groups excluding tert-OH is 2. The summed E-state index contributed by atoms with van der Waals surface area (Å²) >= 11 is 6.25. The lowest BCUT2D eigenvalue weighted by Crippen LogP contribution is -2.47. The molecule has 1 saturated heterocycles. The first-order valence-corrected chi connectivity index (χ1v) is 17.1. The Morgan fingerprint density at radius 2 is 1.59 bits per heavy atom. The van der Waals surface area contributed by atoms with E-state index >= 15 is 0 Å². The molecule has 1 fully saturated rings. The summed E-state index contributed by atoms with van der Waals surface area (Å²) in [6.45, 7) is 4.89. The maximum absolute atomic E-state index is 12.8. The fourth-order valence-corrected chi connectivity index (χ4v) is 5.58. The zero-order valence-corrected chi connectivity index (χ0v) is 28.9. The van der Waals surface area contributed by atoms with Gasteiger partial charge in [0.2, 0.25) is 10.6 Å². The van der Waals surface area contributed by atoms with E-state index in [1.54, 1.807) is 0 Å². The van der Waals surface area contributed by atoms with Crippen molar-refractivity contribution in [2.24, 2.45) is 0 Å². The number of ether oxygens (including phenoxy) is 6. The Morgan fingerprint density at radius 1 is 1.00 bits per heavy atom. The molecule has 1 aliphatic rings. The number of hydrogen-bond acceptors (Lipinski definition) is 15. The molecule has 5 N–H and O–H groups in total. The molecule has 1 aromatic carbocycles. The Kier molecular flexibility index (Phi) is 12.4. The average molecular weight is 732 g/mol. The molecule has 0 amide bonds. The summed E-state index contributed by atoms with van der Waals surface area (Å²) in [7, 11) is -5.46. The minimum Gasteiger partial charge on any atom is -0.432 e. The monoisotopic (exact) mass is 731 g/mol. The first-order chi connectivity index (χ1) is 23.0. The van der Waals surface area contributed by atoms with Crippen LogP contribution in [0, 0.1) is 0 Å². The third-order valence-corrected chi connectivity index (χ3v) is 8.82. The summed E-state index contributed by atoms with van der Waals surface area (Å²) in [6.07, 6.45) is -8.58. The van der Waals surface area contributed by atoms with Gasteiger partial charge in [-0.2, -0.15) is 15.1 Å². The van der Waals surface area contributed by atoms with E-state index in [9.17, 15) is 34.2 Å². The van der Waals surface area contributed by atoms with E-state index in [4.69, 9.17) is 40.0 Å². The molecule has 2 aromatic heterocycles. The van der Waals surface area contributed by atoms with Crippen LogP contribution in [0.5, 0.6) is 0 Å². The second kappa shape index (κ2) is 15.9. The van der Waals surface area contributed by atoms with E-state index in [0.29, 0.717) is 11.2 Å². The highest BCUT2D eigenvalue weighted by molar-refractivity contribution is 7.53. The zero-order valence-electron chi connectivity index (χ0n) is 27.2. The highest BCUT2D eigenvalue weighted by atomic mass is 35.5. The van der Waals surface area contributed by atoms with Gasteiger partial charge in [0.1, 0.15) is 37.3 Å². The minimum atomic E-state index is -5.46. The predicted molar refractivity (Wildman–Crippen MR) is 171 cm³/mol. The molecule has 20 heteroatoms. The van der Waals surface area contributed by atoms with E-state index in [0.717, 1.165) is 5.56 Å². The topological polar surface area (TPSA) is 243 Å². The minimum absolute atomic E-state index is 0.138. The number of carbonyl (C=O) groups excluding carboxylic acids is 2. The number of nitrogens with zero attached hydrogens (tertiary/aromatic N) is 4. The van der Waals surface area contributed by atoms with Crippen LogP contribution in [0.1, 0.15) is 52.5 Å². The van der Waals surface area contributed by atoms with Gasteiger partial charge in [0.05, 0.1) is 30.4 Å². The standard InChI is InChI=1S/C29H39ClN5O13P/c1-15(2)46-27(38)43-13-29(49(40,41)42,14-44-28(39)47-16(3)4)45-12-20-21(36)22(37)25(48-20)35-24-19(11-31-35)23(33-26(30)34-24)32-17(5)18-9-7-6-8-10-18/h6-11,15-17,20-22,25,36-37H,12-14H2,1-5H3,(H,32,33,34)(H2,40,41,42)/t17?,20-,21-,22-,25-/m1/s1. The van der Waals surface area contributed by atoms with Crippen LogP contribution >= 0.6 is 19.2 Å². The molecule has 0 aliphatic carbocycles. The lowest BCUT2D eigenvalue weighted by Gasteiger charge is -2.33. The van der Waals surface area contributed by atoms with Gasteiger partial charge in [-0.3, -0.25) is 4.57 Å². The molecule has 1 aliphatic heterocycles. The number of aromatic nitrogens is 4. The second-order valence-electron chi connectivity index (χ2n) is 11.7. The lowest BCUT2D eigenvalue weighted by atomic mass is 10.1. The number of rotatable bonds is 14. The molecule has 1 unspecified atom stereocenters. The van der Waals surface area contributed by atoms with Crippen molar-refractivity contribution in [3.8, 4) is 0 Å². The van der Waals surface area contributed by atoms with Crippen molar-refractivity contribution < 1.29 is 62.6 Å². The Balaban J connectivity index is 1.56. The molecule has 0 bridgehead atoms. The third kappa shape index (κ3) is 9.34. The number of fused-ring (bicyclic) bond motifs is 1. The van der Waals surface area contributed by atoms with Gasteiger partial charge in [-0.15, -0.1) is 0 Å². The molecule has 49 heavy (non-hydrogen) atoms. The molecule has 0 radical (unpaired) electrons. The van der Waals surface area contributed by atoms with Crippen LogP contribution in [0.4, 0.5) is 15.4 Å². The highest BCUT2D eigenvalue weighted by Gasteiger charge is 2.54. The van der Waals surface area contributed by atoms with Crippen LogP contribution in [0.2, 0.25) is 5.28 Å². The predicted octanol–water partition coefficient (Wildman–Crippen LogP) is 3.29. The Bertz CT molecular complexity index is 1610. The third-order valence-electron chi connectivity index (χ3n) is 7.20. The summed E-state index contributed by atoms with van der Waals surface area (Å²) in [4.78, 5) is 53.4. The van der Waals surface area contributed by atoms with Gasteiger partial charge in [0.25, 0.3) is 0 Å². The van der Waals surface area contributed by atoms with Gasteiger partial charge in [0.15, 0.2) is 11.9 Å². The van der Waals surface area contributed by atoms with Crippen molar-refractivity contribution >= 4 is 48.4 Å². The van der Waals surface area contributed by atoms with Crippen LogP contribution < -0.4 is 5.32 Å². The molecule has 18 nitrogen and oxygen atoms in total. The van der Waals surface area contributed by atoms with Gasteiger partial charge >= 0.3 is 19.9 Å². The largest absolute Gasteiger partial charge is 0.508 e. The maximum Gasteiger partial charge on any atom is 0.508 e. The summed E-state index contributed by atoms with van der Waals surface area (Å²) in [5.41, 5.74) is 1.10. The maximum atomic E-state index is 12.8. The summed E-state index contributed by atoms with van der Waals surface area (Å²) in [6, 6.07) is 9.34. The van der Waals surface area contributed by atoms with Crippen molar-refractivity contribution in [2.75, 3.05) is 25.1 Å². The summed E-state index contributed by atoms with van der Waals surface area (Å²) in [5, 5.41) is 26.9. The second-order valence-corrected chi connectivity index (χ2v) is 13.9.